The van der Waals surface area contributed by atoms with Gasteiger partial charge < -0.3 is 9.88 Å². The fourth-order valence-corrected chi connectivity index (χ4v) is 3.61. The summed E-state index contributed by atoms with van der Waals surface area (Å²) in [6.45, 7) is 1.35. The number of hydrogen-bond donors (Lipinski definition) is 1. The van der Waals surface area contributed by atoms with Crippen molar-refractivity contribution in [1.29, 1.82) is 5.26 Å². The number of amides is 1. The smallest absolute Gasteiger partial charge is 0.236 e. The van der Waals surface area contributed by atoms with Crippen LogP contribution in [0.15, 0.2) is 30.7 Å². The normalized spacial score (nSPS) is 18.0. The molecule has 1 N–H and O–H groups in total. The molecule has 0 aliphatic carbocycles. The van der Waals surface area contributed by atoms with Crippen molar-refractivity contribution in [2.75, 3.05) is 13.1 Å². The standard InChI is InChI=1S/C18H17N5O/c19-6-3-15(24)23-9-1-2-13(11-23)17-16-12(4-7-20-17)10-22-18-14(16)5-8-21-18/h4-5,7-8,10,13H,1-3,9,11H2,(H,21,22). The molecule has 0 spiro atoms. The van der Waals surface area contributed by atoms with Crippen LogP contribution in [-0.4, -0.2) is 38.8 Å². The van der Waals surface area contributed by atoms with Gasteiger partial charge in [0.1, 0.15) is 12.1 Å². The van der Waals surface area contributed by atoms with Gasteiger partial charge in [0.25, 0.3) is 0 Å². The molecule has 1 atom stereocenters. The van der Waals surface area contributed by atoms with Gasteiger partial charge in [-0.1, -0.05) is 0 Å². The maximum absolute atomic E-state index is 12.1. The molecule has 1 amide bonds. The third-order valence-electron chi connectivity index (χ3n) is 4.73. The quantitative estimate of drug-likeness (QED) is 0.787. The average molecular weight is 319 g/mol. The minimum Gasteiger partial charge on any atom is -0.346 e. The molecule has 24 heavy (non-hydrogen) atoms. The summed E-state index contributed by atoms with van der Waals surface area (Å²) in [5.74, 6) is 0.0986. The van der Waals surface area contributed by atoms with Crippen LogP contribution in [0, 0.1) is 11.3 Å². The summed E-state index contributed by atoms with van der Waals surface area (Å²) in [5, 5.41) is 12.0. The first kappa shape index (κ1) is 14.6. The van der Waals surface area contributed by atoms with E-state index >= 15 is 0 Å². The molecule has 0 bridgehead atoms. The molecule has 1 unspecified atom stereocenters. The highest BCUT2D eigenvalue weighted by Crippen LogP contribution is 2.33. The van der Waals surface area contributed by atoms with E-state index in [9.17, 15) is 4.79 Å². The molecule has 1 aliphatic heterocycles. The highest BCUT2D eigenvalue weighted by molar-refractivity contribution is 6.05. The second kappa shape index (κ2) is 5.93. The predicted octanol–water partition coefficient (Wildman–Crippen LogP) is 2.73. The van der Waals surface area contributed by atoms with Gasteiger partial charge >= 0.3 is 0 Å². The summed E-state index contributed by atoms with van der Waals surface area (Å²) < 4.78 is 0. The van der Waals surface area contributed by atoms with E-state index in [2.05, 4.69) is 15.0 Å². The third-order valence-corrected chi connectivity index (χ3v) is 4.73. The topological polar surface area (TPSA) is 85.7 Å². The number of nitrogens with one attached hydrogen (secondary N) is 1. The highest BCUT2D eigenvalue weighted by Gasteiger charge is 2.27. The van der Waals surface area contributed by atoms with E-state index in [4.69, 9.17) is 5.26 Å². The fourth-order valence-electron chi connectivity index (χ4n) is 3.61. The number of hydrogen-bond acceptors (Lipinski definition) is 4. The number of nitriles is 1. The Labute approximate surface area is 139 Å². The van der Waals surface area contributed by atoms with Gasteiger partial charge in [-0.15, -0.1) is 0 Å². The second-order valence-corrected chi connectivity index (χ2v) is 6.17. The zero-order valence-corrected chi connectivity index (χ0v) is 13.2. The van der Waals surface area contributed by atoms with E-state index in [1.807, 2.05) is 36.8 Å². The number of aromatic amines is 1. The predicted molar refractivity (Wildman–Crippen MR) is 90.2 cm³/mol. The number of carbonyl (C=O) groups is 1. The molecule has 120 valence electrons. The van der Waals surface area contributed by atoms with Crippen LogP contribution in [0.25, 0.3) is 21.8 Å². The SMILES string of the molecule is N#CCC(=O)N1CCCC(c2nccc3cnc4[nH]ccc4c23)C1. The van der Waals surface area contributed by atoms with Crippen LogP contribution in [0.3, 0.4) is 0 Å². The number of aromatic nitrogens is 3. The Morgan fingerprint density at radius 3 is 3.21 bits per heavy atom. The first-order valence-electron chi connectivity index (χ1n) is 8.13. The molecule has 1 aliphatic rings. The van der Waals surface area contributed by atoms with Gasteiger partial charge in [0, 0.05) is 53.8 Å². The van der Waals surface area contributed by atoms with E-state index in [1.54, 1.807) is 4.90 Å². The van der Waals surface area contributed by atoms with E-state index < -0.39 is 0 Å². The van der Waals surface area contributed by atoms with Crippen LogP contribution in [0.5, 0.6) is 0 Å². The first-order valence-corrected chi connectivity index (χ1v) is 8.13. The first-order chi connectivity index (χ1) is 11.8. The van der Waals surface area contributed by atoms with Crippen molar-refractivity contribution in [2.45, 2.75) is 25.2 Å². The Bertz CT molecular complexity index is 955. The lowest BCUT2D eigenvalue weighted by Crippen LogP contribution is -2.39. The van der Waals surface area contributed by atoms with Crippen LogP contribution in [-0.2, 0) is 4.79 Å². The third kappa shape index (κ3) is 2.38. The molecule has 1 saturated heterocycles. The van der Waals surface area contributed by atoms with Gasteiger partial charge in [-0.2, -0.15) is 5.26 Å². The van der Waals surface area contributed by atoms with E-state index in [0.717, 1.165) is 46.9 Å². The van der Waals surface area contributed by atoms with Gasteiger partial charge in [-0.05, 0) is 25.0 Å². The lowest BCUT2D eigenvalue weighted by atomic mass is 9.90. The van der Waals surface area contributed by atoms with Crippen LogP contribution >= 0.6 is 0 Å². The monoisotopic (exact) mass is 319 g/mol. The Hall–Kier alpha value is -2.94. The van der Waals surface area contributed by atoms with Crippen LogP contribution in [0.2, 0.25) is 0 Å². The number of fused-ring (bicyclic) bond motifs is 3. The number of rotatable bonds is 2. The number of H-pyrrole nitrogens is 1. The zero-order valence-electron chi connectivity index (χ0n) is 13.2. The molecular weight excluding hydrogens is 302 g/mol. The maximum atomic E-state index is 12.1. The van der Waals surface area contributed by atoms with Crippen molar-refractivity contribution in [3.8, 4) is 6.07 Å². The fraction of sp³-hybridized carbons (Fsp3) is 0.333. The maximum Gasteiger partial charge on any atom is 0.236 e. The summed E-state index contributed by atoms with van der Waals surface area (Å²) in [7, 11) is 0. The van der Waals surface area contributed by atoms with Gasteiger partial charge in [0.15, 0.2) is 0 Å². The molecule has 4 rings (SSSR count). The molecule has 3 aromatic rings. The molecule has 3 aromatic heterocycles. The zero-order chi connectivity index (χ0) is 16.5. The van der Waals surface area contributed by atoms with E-state index in [1.165, 1.54) is 0 Å². The van der Waals surface area contributed by atoms with Crippen LogP contribution < -0.4 is 0 Å². The summed E-state index contributed by atoms with van der Waals surface area (Å²) >= 11 is 0. The molecular formula is C18H17N5O. The van der Waals surface area contributed by atoms with Crippen molar-refractivity contribution < 1.29 is 4.79 Å². The number of pyridine rings is 2. The van der Waals surface area contributed by atoms with Gasteiger partial charge in [-0.25, -0.2) is 4.98 Å². The Kier molecular flexibility index (Phi) is 3.62. The van der Waals surface area contributed by atoms with Crippen LogP contribution in [0.4, 0.5) is 0 Å². The lowest BCUT2D eigenvalue weighted by Gasteiger charge is -2.32. The number of nitrogens with zero attached hydrogens (tertiary/aromatic N) is 4. The molecule has 0 saturated carbocycles. The molecule has 1 fully saturated rings. The minimum atomic E-state index is -0.0871. The largest absolute Gasteiger partial charge is 0.346 e. The lowest BCUT2D eigenvalue weighted by molar-refractivity contribution is -0.131. The second-order valence-electron chi connectivity index (χ2n) is 6.17. The Morgan fingerprint density at radius 2 is 2.33 bits per heavy atom. The molecule has 4 heterocycles. The minimum absolute atomic E-state index is 0.0539. The Balaban J connectivity index is 1.77. The summed E-state index contributed by atoms with van der Waals surface area (Å²) in [6, 6.07) is 5.95. The summed E-state index contributed by atoms with van der Waals surface area (Å²) in [4.78, 5) is 26.1. The molecule has 0 aromatic carbocycles. The van der Waals surface area contributed by atoms with E-state index in [0.29, 0.717) is 6.54 Å². The van der Waals surface area contributed by atoms with Crippen molar-refractivity contribution in [3.63, 3.8) is 0 Å². The average Bonchev–Trinajstić information content (AvgIpc) is 3.10. The summed E-state index contributed by atoms with van der Waals surface area (Å²) in [6.07, 6.45) is 7.44. The Morgan fingerprint density at radius 1 is 1.42 bits per heavy atom. The molecule has 6 nitrogen and oxygen atoms in total. The van der Waals surface area contributed by atoms with Crippen molar-refractivity contribution in [2.24, 2.45) is 0 Å². The number of piperidine rings is 1. The molecule has 0 radical (unpaired) electrons. The van der Waals surface area contributed by atoms with Crippen molar-refractivity contribution in [3.05, 3.63) is 36.4 Å². The van der Waals surface area contributed by atoms with Gasteiger partial charge in [0.05, 0.1) is 11.8 Å². The highest BCUT2D eigenvalue weighted by atomic mass is 16.2. The van der Waals surface area contributed by atoms with E-state index in [-0.39, 0.29) is 18.2 Å². The number of carbonyl (C=O) groups excluding carboxylic acids is 1. The number of likely N-dealkylation sites (tertiary alicyclic amines) is 1. The summed E-state index contributed by atoms with van der Waals surface area (Å²) in [5.41, 5.74) is 1.87. The van der Waals surface area contributed by atoms with Crippen molar-refractivity contribution in [1.82, 2.24) is 19.9 Å². The van der Waals surface area contributed by atoms with Gasteiger partial charge in [-0.3, -0.25) is 9.78 Å². The van der Waals surface area contributed by atoms with Gasteiger partial charge in [0.2, 0.25) is 5.91 Å². The van der Waals surface area contributed by atoms with Crippen LogP contribution in [0.1, 0.15) is 30.9 Å². The van der Waals surface area contributed by atoms with Crippen molar-refractivity contribution >= 4 is 27.7 Å². The molecule has 6 heteroatoms.